The number of carbonyl (C=O) groups is 2. The van der Waals surface area contributed by atoms with Crippen LogP contribution < -0.4 is 15.0 Å². The fourth-order valence-corrected chi connectivity index (χ4v) is 3.65. The number of hydrogen-bond acceptors (Lipinski definition) is 3. The van der Waals surface area contributed by atoms with E-state index in [0.29, 0.717) is 34.3 Å². The van der Waals surface area contributed by atoms with Gasteiger partial charge in [0.2, 0.25) is 0 Å². The van der Waals surface area contributed by atoms with Crippen LogP contribution >= 0.6 is 11.6 Å². The Morgan fingerprint density at radius 3 is 2.56 bits per heavy atom. The molecule has 1 N–H and O–H groups in total. The predicted octanol–water partition coefficient (Wildman–Crippen LogP) is 3.35. The molecule has 2 aliphatic heterocycles. The minimum absolute atomic E-state index is 0.139. The van der Waals surface area contributed by atoms with Gasteiger partial charge in [0.15, 0.2) is 0 Å². The highest BCUT2D eigenvalue weighted by Crippen LogP contribution is 2.38. The van der Waals surface area contributed by atoms with Crippen LogP contribution in [0.3, 0.4) is 0 Å². The number of ether oxygens (including phenoxy) is 1. The van der Waals surface area contributed by atoms with E-state index in [0.717, 1.165) is 5.56 Å². The molecule has 2 aliphatic rings. The number of anilines is 1. The van der Waals surface area contributed by atoms with Crippen molar-refractivity contribution in [1.29, 1.82) is 0 Å². The van der Waals surface area contributed by atoms with Gasteiger partial charge in [-0.05, 0) is 35.9 Å². The molecular weight excluding hydrogens is 366 g/mol. The first-order chi connectivity index (χ1) is 13.0. The Balaban J connectivity index is 1.74. The number of carbonyl (C=O) groups excluding carboxylic acids is 2. The van der Waals surface area contributed by atoms with Crippen molar-refractivity contribution in [3.8, 4) is 5.75 Å². The van der Waals surface area contributed by atoms with E-state index in [1.165, 1.54) is 4.90 Å². The number of amides is 3. The molecule has 0 fully saturated rings. The number of halogens is 1. The minimum atomic E-state index is -0.508. The molecule has 7 heteroatoms. The summed E-state index contributed by atoms with van der Waals surface area (Å²) in [5, 5.41) is 3.47. The Morgan fingerprint density at radius 1 is 1.15 bits per heavy atom. The molecular formula is C20H18ClN3O3. The lowest BCUT2D eigenvalue weighted by molar-refractivity contribution is -0.114. The van der Waals surface area contributed by atoms with E-state index in [-0.39, 0.29) is 11.9 Å². The summed E-state index contributed by atoms with van der Waals surface area (Å²) in [5.41, 5.74) is 2.80. The molecule has 3 amide bonds. The number of hydrogen-bond donors (Lipinski definition) is 1. The first kappa shape index (κ1) is 17.4. The van der Waals surface area contributed by atoms with E-state index in [1.54, 1.807) is 37.3 Å². The number of nitrogens with zero attached hydrogens (tertiary/aromatic N) is 2. The molecule has 2 aromatic carbocycles. The van der Waals surface area contributed by atoms with Crippen molar-refractivity contribution >= 4 is 29.2 Å². The third-order valence-corrected chi connectivity index (χ3v) is 5.16. The molecule has 1 atom stereocenters. The maximum Gasteiger partial charge on any atom is 0.322 e. The fraction of sp³-hybridized carbons (Fsp3) is 0.200. The molecule has 6 nitrogen and oxygen atoms in total. The van der Waals surface area contributed by atoms with Gasteiger partial charge in [-0.25, -0.2) is 4.79 Å². The van der Waals surface area contributed by atoms with Crippen molar-refractivity contribution in [3.63, 3.8) is 0 Å². The van der Waals surface area contributed by atoms with Crippen LogP contribution in [-0.4, -0.2) is 37.5 Å². The maximum absolute atomic E-state index is 13.2. The maximum atomic E-state index is 13.2. The number of benzene rings is 2. The van der Waals surface area contributed by atoms with Crippen LogP contribution in [0, 0.1) is 0 Å². The highest BCUT2D eigenvalue weighted by molar-refractivity contribution is 6.31. The van der Waals surface area contributed by atoms with Gasteiger partial charge in [-0.2, -0.15) is 0 Å². The van der Waals surface area contributed by atoms with Gasteiger partial charge < -0.3 is 15.0 Å². The molecule has 0 spiro atoms. The van der Waals surface area contributed by atoms with Crippen molar-refractivity contribution in [2.45, 2.75) is 6.04 Å². The summed E-state index contributed by atoms with van der Waals surface area (Å²) in [6.07, 6.45) is 0. The number of methoxy groups -OCH3 is 1. The van der Waals surface area contributed by atoms with Gasteiger partial charge in [0.25, 0.3) is 5.91 Å². The lowest BCUT2D eigenvalue weighted by atomic mass is 9.95. The smallest absolute Gasteiger partial charge is 0.322 e. The van der Waals surface area contributed by atoms with Gasteiger partial charge >= 0.3 is 6.03 Å². The zero-order chi connectivity index (χ0) is 19.1. The van der Waals surface area contributed by atoms with Gasteiger partial charge in [-0.15, -0.1) is 0 Å². The summed E-state index contributed by atoms with van der Waals surface area (Å²) in [6.45, 7) is 0.324. The van der Waals surface area contributed by atoms with Crippen molar-refractivity contribution in [2.24, 2.45) is 0 Å². The second-order valence-electron chi connectivity index (χ2n) is 6.45. The van der Waals surface area contributed by atoms with E-state index in [9.17, 15) is 9.59 Å². The Hall–Kier alpha value is -2.99. The first-order valence-corrected chi connectivity index (χ1v) is 8.86. The molecule has 4 rings (SSSR count). The highest BCUT2D eigenvalue weighted by atomic mass is 35.5. The van der Waals surface area contributed by atoms with Crippen LogP contribution in [0.15, 0.2) is 59.8 Å². The van der Waals surface area contributed by atoms with Crippen LogP contribution in [0.5, 0.6) is 5.75 Å². The fourth-order valence-electron chi connectivity index (χ4n) is 3.47. The summed E-state index contributed by atoms with van der Waals surface area (Å²) in [7, 11) is 3.26. The topological polar surface area (TPSA) is 61.9 Å². The van der Waals surface area contributed by atoms with Crippen LogP contribution in [0.2, 0.25) is 5.02 Å². The van der Waals surface area contributed by atoms with Crippen molar-refractivity contribution in [1.82, 2.24) is 10.2 Å². The Labute approximate surface area is 162 Å². The van der Waals surface area contributed by atoms with E-state index < -0.39 is 6.04 Å². The molecule has 0 radical (unpaired) electrons. The largest absolute Gasteiger partial charge is 0.497 e. The molecule has 0 bridgehead atoms. The van der Waals surface area contributed by atoms with Crippen molar-refractivity contribution in [3.05, 3.63) is 70.4 Å². The third-order valence-electron chi connectivity index (χ3n) is 4.93. The Bertz CT molecular complexity index is 955. The monoisotopic (exact) mass is 383 g/mol. The average Bonchev–Trinajstić information content (AvgIpc) is 3.02. The van der Waals surface area contributed by atoms with Crippen molar-refractivity contribution in [2.75, 3.05) is 25.6 Å². The standard InChI is InChI=1S/C20H18ClN3O3/c1-23-16-11-24(14-5-3-4-13(21)10-14)19(25)17(16)18(22-20(23)26)12-6-8-15(27-2)9-7-12/h3-10,18H,11H2,1-2H3,(H,22,26)/t18-/m0/s1. The van der Waals surface area contributed by atoms with Gasteiger partial charge in [0, 0.05) is 17.8 Å². The predicted molar refractivity (Wildman–Crippen MR) is 103 cm³/mol. The van der Waals surface area contributed by atoms with Crippen LogP contribution in [0.1, 0.15) is 11.6 Å². The first-order valence-electron chi connectivity index (χ1n) is 8.48. The van der Waals surface area contributed by atoms with E-state index >= 15 is 0 Å². The van der Waals surface area contributed by atoms with Gasteiger partial charge in [-0.3, -0.25) is 9.69 Å². The SMILES string of the molecule is COc1ccc([C@@H]2NC(=O)N(C)C3=C2C(=O)N(c2cccc(Cl)c2)C3)cc1. The molecule has 0 aromatic heterocycles. The van der Waals surface area contributed by atoms with Crippen LogP contribution in [-0.2, 0) is 4.79 Å². The number of nitrogens with one attached hydrogen (secondary N) is 1. The van der Waals surface area contributed by atoms with Crippen LogP contribution in [0.4, 0.5) is 10.5 Å². The van der Waals surface area contributed by atoms with E-state index in [4.69, 9.17) is 16.3 Å². The zero-order valence-electron chi connectivity index (χ0n) is 14.9. The van der Waals surface area contributed by atoms with E-state index in [1.807, 2.05) is 30.3 Å². The number of rotatable bonds is 3. The molecule has 0 aliphatic carbocycles. The van der Waals surface area contributed by atoms with Gasteiger partial charge in [-0.1, -0.05) is 29.8 Å². The molecule has 0 saturated carbocycles. The summed E-state index contributed by atoms with van der Waals surface area (Å²) in [5.74, 6) is 0.574. The number of urea groups is 1. The minimum Gasteiger partial charge on any atom is -0.497 e. The third kappa shape index (κ3) is 2.92. The summed E-state index contributed by atoms with van der Waals surface area (Å²) in [6, 6.07) is 13.7. The van der Waals surface area contributed by atoms with Crippen LogP contribution in [0.25, 0.3) is 0 Å². The molecule has 138 valence electrons. The summed E-state index contributed by atoms with van der Waals surface area (Å²) >= 11 is 6.09. The molecule has 27 heavy (non-hydrogen) atoms. The normalized spacial score (nSPS) is 19.3. The zero-order valence-corrected chi connectivity index (χ0v) is 15.7. The molecule has 2 aromatic rings. The summed E-state index contributed by atoms with van der Waals surface area (Å²) in [4.78, 5) is 28.8. The Morgan fingerprint density at radius 2 is 1.89 bits per heavy atom. The van der Waals surface area contributed by atoms with E-state index in [2.05, 4.69) is 5.32 Å². The molecule has 0 saturated heterocycles. The highest BCUT2D eigenvalue weighted by Gasteiger charge is 2.43. The molecule has 0 unspecified atom stereocenters. The second-order valence-corrected chi connectivity index (χ2v) is 6.88. The van der Waals surface area contributed by atoms with Crippen molar-refractivity contribution < 1.29 is 14.3 Å². The number of likely N-dealkylation sites (N-methyl/N-ethyl adjacent to an activating group) is 1. The Kier molecular flexibility index (Phi) is 4.28. The lowest BCUT2D eigenvalue weighted by Crippen LogP contribution is -2.45. The lowest BCUT2D eigenvalue weighted by Gasteiger charge is -2.31. The average molecular weight is 384 g/mol. The van der Waals surface area contributed by atoms with Gasteiger partial charge in [0.05, 0.1) is 31.0 Å². The summed E-state index contributed by atoms with van der Waals surface area (Å²) < 4.78 is 5.19. The quantitative estimate of drug-likeness (QED) is 0.884. The second kappa shape index (κ2) is 6.63. The molecule has 2 heterocycles. The van der Waals surface area contributed by atoms with Gasteiger partial charge in [0.1, 0.15) is 5.75 Å².